The highest BCUT2D eigenvalue weighted by atomic mass is 16.7. The van der Waals surface area contributed by atoms with Crippen molar-refractivity contribution < 1.29 is 19.1 Å². The number of carbonyl (C=O) groups excluding carboxylic acids is 2. The van der Waals surface area contributed by atoms with Crippen molar-refractivity contribution >= 4 is 11.8 Å². The van der Waals surface area contributed by atoms with Crippen LogP contribution in [0.1, 0.15) is 58.0 Å². The number of nitrogens with one attached hydrogen (secondary N) is 2. The first-order valence-electron chi connectivity index (χ1n) is 10.4. The molecule has 2 N–H and O–H groups in total. The van der Waals surface area contributed by atoms with Crippen molar-refractivity contribution in [3.05, 3.63) is 70.2 Å². The lowest BCUT2D eigenvalue weighted by Gasteiger charge is -2.17. The largest absolute Gasteiger partial charge is 0.454 e. The van der Waals surface area contributed by atoms with Gasteiger partial charge in [-0.25, -0.2) is 0 Å². The molecule has 1 fully saturated rings. The van der Waals surface area contributed by atoms with Gasteiger partial charge >= 0.3 is 0 Å². The molecule has 1 aromatic carbocycles. The standard InChI is InChI=1S/C23H25N3O5/c1-2-9-24-22(28)17-12-26(16-5-3-4-6-16)13-18(21(17)27)23(29)25-11-15-7-8-19-20(10-15)31-14-30-19/h2,7-8,10,12-13,16H,1,3-6,9,11,14H2,(H,24,28)(H,25,29). The minimum atomic E-state index is -0.584. The fourth-order valence-electron chi connectivity index (χ4n) is 3.92. The zero-order valence-corrected chi connectivity index (χ0v) is 17.2. The van der Waals surface area contributed by atoms with Gasteiger partial charge in [-0.1, -0.05) is 25.0 Å². The Kier molecular flexibility index (Phi) is 6.06. The molecule has 31 heavy (non-hydrogen) atoms. The fraction of sp³-hybridized carbons (Fsp3) is 0.348. The van der Waals surface area contributed by atoms with Gasteiger partial charge in [0.15, 0.2) is 11.5 Å². The molecule has 0 atom stereocenters. The van der Waals surface area contributed by atoms with E-state index in [1.165, 1.54) is 6.08 Å². The Morgan fingerprint density at radius 2 is 1.74 bits per heavy atom. The predicted octanol–water partition coefficient (Wildman–Crippen LogP) is 2.54. The maximum atomic E-state index is 12.9. The van der Waals surface area contributed by atoms with Gasteiger partial charge in [-0.15, -0.1) is 6.58 Å². The van der Waals surface area contributed by atoms with Crippen LogP contribution in [0.15, 0.2) is 48.0 Å². The first kappa shape index (κ1) is 20.7. The summed E-state index contributed by atoms with van der Waals surface area (Å²) in [7, 11) is 0. The van der Waals surface area contributed by atoms with Crippen LogP contribution in [0.4, 0.5) is 0 Å². The lowest BCUT2D eigenvalue weighted by Crippen LogP contribution is -2.35. The van der Waals surface area contributed by atoms with Gasteiger partial charge in [-0.05, 0) is 30.5 Å². The Balaban J connectivity index is 1.58. The molecule has 1 aromatic heterocycles. The second kappa shape index (κ2) is 9.07. The molecule has 0 unspecified atom stereocenters. The van der Waals surface area contributed by atoms with Crippen molar-refractivity contribution in [3.63, 3.8) is 0 Å². The SMILES string of the molecule is C=CCNC(=O)c1cn(C2CCCC2)cc(C(=O)NCc2ccc3c(c2)OCO3)c1=O. The van der Waals surface area contributed by atoms with E-state index in [0.717, 1.165) is 31.2 Å². The third kappa shape index (κ3) is 4.47. The Morgan fingerprint density at radius 3 is 2.45 bits per heavy atom. The van der Waals surface area contributed by atoms with E-state index < -0.39 is 17.2 Å². The summed E-state index contributed by atoms with van der Waals surface area (Å²) in [5.74, 6) is 0.249. The summed E-state index contributed by atoms with van der Waals surface area (Å²) in [6, 6.07) is 5.57. The number of hydrogen-bond donors (Lipinski definition) is 2. The summed E-state index contributed by atoms with van der Waals surface area (Å²) in [6.07, 6.45) is 8.74. The van der Waals surface area contributed by atoms with Crippen LogP contribution in [0.25, 0.3) is 0 Å². The van der Waals surface area contributed by atoms with Crippen LogP contribution in [0.2, 0.25) is 0 Å². The number of amides is 2. The number of fused-ring (bicyclic) bond motifs is 1. The lowest BCUT2D eigenvalue weighted by molar-refractivity contribution is 0.0948. The van der Waals surface area contributed by atoms with E-state index in [4.69, 9.17) is 9.47 Å². The Hall–Kier alpha value is -3.55. The topological polar surface area (TPSA) is 98.7 Å². The average molecular weight is 423 g/mol. The minimum Gasteiger partial charge on any atom is -0.454 e. The van der Waals surface area contributed by atoms with Crippen LogP contribution in [-0.4, -0.2) is 29.7 Å². The van der Waals surface area contributed by atoms with Gasteiger partial charge in [-0.2, -0.15) is 0 Å². The predicted molar refractivity (Wildman–Crippen MR) is 114 cm³/mol. The van der Waals surface area contributed by atoms with Gasteiger partial charge < -0.3 is 24.7 Å². The van der Waals surface area contributed by atoms with Gasteiger partial charge in [-0.3, -0.25) is 14.4 Å². The van der Waals surface area contributed by atoms with E-state index in [-0.39, 0.29) is 37.1 Å². The normalized spacial score (nSPS) is 15.0. The third-order valence-electron chi connectivity index (χ3n) is 5.58. The number of nitrogens with zero attached hydrogens (tertiary/aromatic N) is 1. The van der Waals surface area contributed by atoms with Gasteiger partial charge in [0, 0.05) is 31.5 Å². The van der Waals surface area contributed by atoms with E-state index in [0.29, 0.717) is 11.5 Å². The van der Waals surface area contributed by atoms with Gasteiger partial charge in [0.05, 0.1) is 0 Å². The summed E-state index contributed by atoms with van der Waals surface area (Å²) in [5, 5.41) is 5.41. The molecule has 1 aliphatic heterocycles. The average Bonchev–Trinajstić information content (AvgIpc) is 3.47. The zero-order valence-electron chi connectivity index (χ0n) is 17.2. The molecule has 0 saturated heterocycles. The molecule has 4 rings (SSSR count). The zero-order chi connectivity index (χ0) is 21.8. The number of carbonyl (C=O) groups is 2. The maximum Gasteiger partial charge on any atom is 0.257 e. The fourth-order valence-corrected chi connectivity index (χ4v) is 3.92. The molecule has 0 radical (unpaired) electrons. The van der Waals surface area contributed by atoms with Crippen LogP contribution in [-0.2, 0) is 6.54 Å². The molecule has 2 heterocycles. The lowest BCUT2D eigenvalue weighted by atomic mass is 10.1. The summed E-state index contributed by atoms with van der Waals surface area (Å²) < 4.78 is 12.5. The van der Waals surface area contributed by atoms with Crippen molar-refractivity contribution in [1.82, 2.24) is 15.2 Å². The second-order valence-electron chi connectivity index (χ2n) is 7.67. The molecule has 2 amide bonds. The molecule has 162 valence electrons. The highest BCUT2D eigenvalue weighted by molar-refractivity contribution is 5.99. The van der Waals surface area contributed by atoms with Crippen LogP contribution in [0.5, 0.6) is 11.5 Å². The quantitative estimate of drug-likeness (QED) is 0.667. The molecule has 0 spiro atoms. The Morgan fingerprint density at radius 1 is 1.06 bits per heavy atom. The number of aromatic nitrogens is 1. The van der Waals surface area contributed by atoms with Crippen LogP contribution in [0, 0.1) is 0 Å². The summed E-state index contributed by atoms with van der Waals surface area (Å²) in [4.78, 5) is 38.4. The molecular formula is C23H25N3O5. The van der Waals surface area contributed by atoms with E-state index in [1.54, 1.807) is 24.5 Å². The number of pyridine rings is 1. The van der Waals surface area contributed by atoms with E-state index in [9.17, 15) is 14.4 Å². The molecule has 2 aliphatic rings. The maximum absolute atomic E-state index is 12.9. The number of ether oxygens (including phenoxy) is 2. The van der Waals surface area contributed by atoms with Crippen molar-refractivity contribution in [2.75, 3.05) is 13.3 Å². The number of benzene rings is 1. The van der Waals surface area contributed by atoms with Crippen molar-refractivity contribution in [2.45, 2.75) is 38.3 Å². The van der Waals surface area contributed by atoms with Crippen LogP contribution >= 0.6 is 0 Å². The number of hydrogen-bond acceptors (Lipinski definition) is 5. The Bertz CT molecular complexity index is 1070. The summed E-state index contributed by atoms with van der Waals surface area (Å²) >= 11 is 0. The summed E-state index contributed by atoms with van der Waals surface area (Å²) in [5.41, 5.74) is 0.149. The first-order chi connectivity index (χ1) is 15.1. The first-order valence-corrected chi connectivity index (χ1v) is 10.4. The smallest absolute Gasteiger partial charge is 0.257 e. The third-order valence-corrected chi connectivity index (χ3v) is 5.58. The molecular weight excluding hydrogens is 398 g/mol. The van der Waals surface area contributed by atoms with Crippen molar-refractivity contribution in [2.24, 2.45) is 0 Å². The molecule has 1 aliphatic carbocycles. The van der Waals surface area contributed by atoms with Gasteiger partial charge in [0.2, 0.25) is 12.2 Å². The number of rotatable bonds is 7. The minimum absolute atomic E-state index is 0.0375. The highest BCUT2D eigenvalue weighted by Crippen LogP contribution is 2.32. The second-order valence-corrected chi connectivity index (χ2v) is 7.67. The Labute approximate surface area is 179 Å². The van der Waals surface area contributed by atoms with E-state index in [1.807, 2.05) is 10.6 Å². The van der Waals surface area contributed by atoms with Crippen LogP contribution < -0.4 is 25.5 Å². The van der Waals surface area contributed by atoms with Gasteiger partial charge in [0.1, 0.15) is 11.1 Å². The molecule has 8 heteroatoms. The molecule has 1 saturated carbocycles. The van der Waals surface area contributed by atoms with E-state index >= 15 is 0 Å². The van der Waals surface area contributed by atoms with Crippen molar-refractivity contribution in [3.8, 4) is 11.5 Å². The highest BCUT2D eigenvalue weighted by Gasteiger charge is 2.23. The van der Waals surface area contributed by atoms with Crippen LogP contribution in [0.3, 0.4) is 0 Å². The molecule has 0 bridgehead atoms. The molecule has 2 aromatic rings. The summed E-state index contributed by atoms with van der Waals surface area (Å²) in [6.45, 7) is 4.20. The van der Waals surface area contributed by atoms with Gasteiger partial charge in [0.25, 0.3) is 11.8 Å². The van der Waals surface area contributed by atoms with Crippen molar-refractivity contribution in [1.29, 1.82) is 0 Å². The van der Waals surface area contributed by atoms with E-state index in [2.05, 4.69) is 17.2 Å². The monoisotopic (exact) mass is 423 g/mol. The molecule has 8 nitrogen and oxygen atoms in total.